The highest BCUT2D eigenvalue weighted by Crippen LogP contribution is 2.32. The third-order valence-electron chi connectivity index (χ3n) is 2.42. The van der Waals surface area contributed by atoms with E-state index in [1.807, 2.05) is 12.2 Å². The minimum Gasteiger partial charge on any atom is -0.480 e. The molecule has 2 aliphatic rings. The van der Waals surface area contributed by atoms with Gasteiger partial charge in [-0.15, -0.1) is 0 Å². The highest BCUT2D eigenvalue weighted by molar-refractivity contribution is 5.18. The zero-order chi connectivity index (χ0) is 8.39. The van der Waals surface area contributed by atoms with Crippen molar-refractivity contribution >= 4 is 0 Å². The van der Waals surface area contributed by atoms with Gasteiger partial charge in [-0.3, -0.25) is 0 Å². The first-order valence-corrected chi connectivity index (χ1v) is 4.33. The van der Waals surface area contributed by atoms with Crippen molar-refractivity contribution in [2.24, 2.45) is 5.92 Å². The SMILES string of the molecule is N#CC1CCC2CC=CC=C2O1. The van der Waals surface area contributed by atoms with Gasteiger partial charge in [0.05, 0.1) is 0 Å². The Hall–Kier alpha value is -1.23. The van der Waals surface area contributed by atoms with Crippen molar-refractivity contribution in [3.8, 4) is 6.07 Å². The van der Waals surface area contributed by atoms with Crippen LogP contribution in [0.25, 0.3) is 0 Å². The molecule has 2 nitrogen and oxygen atoms in total. The summed E-state index contributed by atoms with van der Waals surface area (Å²) in [5.74, 6) is 1.55. The van der Waals surface area contributed by atoms with Crippen LogP contribution in [0.5, 0.6) is 0 Å². The summed E-state index contributed by atoms with van der Waals surface area (Å²) in [6.07, 6.45) is 8.98. The molecule has 0 spiro atoms. The number of nitriles is 1. The molecule has 0 aromatic carbocycles. The average Bonchev–Trinajstić information content (AvgIpc) is 2.17. The molecule has 0 N–H and O–H groups in total. The Balaban J connectivity index is 2.12. The zero-order valence-electron chi connectivity index (χ0n) is 6.86. The molecule has 0 amide bonds. The quantitative estimate of drug-likeness (QED) is 0.545. The summed E-state index contributed by atoms with van der Waals surface area (Å²) in [5.41, 5.74) is 0. The van der Waals surface area contributed by atoms with Crippen molar-refractivity contribution in [1.29, 1.82) is 5.26 Å². The van der Waals surface area contributed by atoms with E-state index >= 15 is 0 Å². The van der Waals surface area contributed by atoms with Crippen LogP contribution in [0.4, 0.5) is 0 Å². The molecule has 1 aliphatic heterocycles. The molecule has 0 saturated carbocycles. The molecule has 1 saturated heterocycles. The monoisotopic (exact) mass is 161 g/mol. The number of hydrogen-bond acceptors (Lipinski definition) is 2. The number of allylic oxidation sites excluding steroid dienone is 4. The van der Waals surface area contributed by atoms with Gasteiger partial charge in [0.15, 0.2) is 6.10 Å². The summed E-state index contributed by atoms with van der Waals surface area (Å²) in [7, 11) is 0. The Morgan fingerprint density at radius 3 is 3.25 bits per heavy atom. The second kappa shape index (κ2) is 3.02. The highest BCUT2D eigenvalue weighted by atomic mass is 16.5. The van der Waals surface area contributed by atoms with Crippen molar-refractivity contribution in [2.45, 2.75) is 25.4 Å². The third kappa shape index (κ3) is 1.23. The van der Waals surface area contributed by atoms with Crippen molar-refractivity contribution in [2.75, 3.05) is 0 Å². The Kier molecular flexibility index (Phi) is 1.87. The second-order valence-electron chi connectivity index (χ2n) is 3.24. The van der Waals surface area contributed by atoms with E-state index in [1.165, 1.54) is 0 Å². The molecule has 1 aliphatic carbocycles. The first-order valence-electron chi connectivity index (χ1n) is 4.33. The molecule has 2 atom stereocenters. The van der Waals surface area contributed by atoms with Gasteiger partial charge in [-0.2, -0.15) is 5.26 Å². The van der Waals surface area contributed by atoms with E-state index in [-0.39, 0.29) is 6.10 Å². The van der Waals surface area contributed by atoms with E-state index in [0.717, 1.165) is 25.0 Å². The van der Waals surface area contributed by atoms with Crippen molar-refractivity contribution in [3.63, 3.8) is 0 Å². The maximum atomic E-state index is 8.66. The minimum absolute atomic E-state index is 0.209. The summed E-state index contributed by atoms with van der Waals surface area (Å²) >= 11 is 0. The molecule has 2 heteroatoms. The third-order valence-corrected chi connectivity index (χ3v) is 2.42. The van der Waals surface area contributed by atoms with E-state index in [1.54, 1.807) is 0 Å². The number of hydrogen-bond donors (Lipinski definition) is 0. The van der Waals surface area contributed by atoms with Gasteiger partial charge in [-0.1, -0.05) is 12.2 Å². The number of ether oxygens (including phenoxy) is 1. The summed E-state index contributed by atoms with van der Waals surface area (Å²) in [6.45, 7) is 0. The van der Waals surface area contributed by atoms with Crippen LogP contribution in [-0.4, -0.2) is 6.10 Å². The van der Waals surface area contributed by atoms with Crippen molar-refractivity contribution in [3.05, 3.63) is 24.0 Å². The van der Waals surface area contributed by atoms with E-state index in [0.29, 0.717) is 5.92 Å². The Morgan fingerprint density at radius 1 is 1.50 bits per heavy atom. The molecule has 0 aromatic rings. The molecule has 2 rings (SSSR count). The van der Waals surface area contributed by atoms with Crippen molar-refractivity contribution in [1.82, 2.24) is 0 Å². The fraction of sp³-hybridized carbons (Fsp3) is 0.500. The molecule has 0 bridgehead atoms. The standard InChI is InChI=1S/C10H11NO/c11-7-9-6-5-8-3-1-2-4-10(8)12-9/h1-2,4,8-9H,3,5-6H2. The topological polar surface area (TPSA) is 33.0 Å². The first kappa shape index (κ1) is 7.42. The molecule has 62 valence electrons. The lowest BCUT2D eigenvalue weighted by molar-refractivity contribution is 0.0815. The highest BCUT2D eigenvalue weighted by Gasteiger charge is 2.26. The van der Waals surface area contributed by atoms with Crippen LogP contribution >= 0.6 is 0 Å². The van der Waals surface area contributed by atoms with Crippen LogP contribution in [0, 0.1) is 17.2 Å². The molecule has 1 fully saturated rings. The van der Waals surface area contributed by atoms with Crippen LogP contribution < -0.4 is 0 Å². The lowest BCUT2D eigenvalue weighted by atomic mass is 9.90. The van der Waals surface area contributed by atoms with Crippen molar-refractivity contribution < 1.29 is 4.74 Å². The maximum absolute atomic E-state index is 8.66. The lowest BCUT2D eigenvalue weighted by Gasteiger charge is -2.29. The predicted octanol–water partition coefficient (Wildman–Crippen LogP) is 2.15. The van der Waals surface area contributed by atoms with Gasteiger partial charge in [-0.05, 0) is 25.3 Å². The van der Waals surface area contributed by atoms with Crippen LogP contribution in [0.2, 0.25) is 0 Å². The fourth-order valence-electron chi connectivity index (χ4n) is 1.72. The first-order chi connectivity index (χ1) is 5.90. The van der Waals surface area contributed by atoms with Gasteiger partial charge < -0.3 is 4.74 Å². The van der Waals surface area contributed by atoms with Gasteiger partial charge in [0.1, 0.15) is 11.8 Å². The largest absolute Gasteiger partial charge is 0.480 e. The van der Waals surface area contributed by atoms with E-state index in [9.17, 15) is 0 Å². The minimum atomic E-state index is -0.209. The van der Waals surface area contributed by atoms with Gasteiger partial charge >= 0.3 is 0 Å². The predicted molar refractivity (Wildman–Crippen MR) is 45.1 cm³/mol. The number of fused-ring (bicyclic) bond motifs is 1. The number of rotatable bonds is 0. The zero-order valence-corrected chi connectivity index (χ0v) is 6.86. The lowest BCUT2D eigenvalue weighted by Crippen LogP contribution is -2.23. The average molecular weight is 161 g/mol. The Morgan fingerprint density at radius 2 is 2.42 bits per heavy atom. The van der Waals surface area contributed by atoms with Gasteiger partial charge in [0, 0.05) is 5.92 Å². The molecule has 0 radical (unpaired) electrons. The Labute approximate surface area is 72.1 Å². The van der Waals surface area contributed by atoms with Gasteiger partial charge in [0.2, 0.25) is 0 Å². The molecule has 1 heterocycles. The fourth-order valence-corrected chi connectivity index (χ4v) is 1.72. The Bertz CT molecular complexity index is 272. The van der Waals surface area contributed by atoms with Crippen LogP contribution in [-0.2, 0) is 4.74 Å². The second-order valence-corrected chi connectivity index (χ2v) is 3.24. The van der Waals surface area contributed by atoms with Crippen LogP contribution in [0.3, 0.4) is 0 Å². The van der Waals surface area contributed by atoms with E-state index in [4.69, 9.17) is 10.00 Å². The van der Waals surface area contributed by atoms with Gasteiger partial charge in [-0.25, -0.2) is 0 Å². The van der Waals surface area contributed by atoms with Crippen LogP contribution in [0.15, 0.2) is 24.0 Å². The molecule has 2 unspecified atom stereocenters. The van der Waals surface area contributed by atoms with E-state index < -0.39 is 0 Å². The maximum Gasteiger partial charge on any atom is 0.184 e. The summed E-state index contributed by atoms with van der Waals surface area (Å²) < 4.78 is 5.49. The summed E-state index contributed by atoms with van der Waals surface area (Å²) in [6, 6.07) is 2.15. The van der Waals surface area contributed by atoms with Gasteiger partial charge in [0.25, 0.3) is 0 Å². The molecular formula is C10H11NO. The molecular weight excluding hydrogens is 150 g/mol. The molecule has 0 aromatic heterocycles. The van der Waals surface area contributed by atoms with E-state index in [2.05, 4.69) is 12.1 Å². The summed E-state index contributed by atoms with van der Waals surface area (Å²) in [4.78, 5) is 0. The number of nitrogens with zero attached hydrogens (tertiary/aromatic N) is 1. The molecule has 12 heavy (non-hydrogen) atoms. The summed E-state index contributed by atoms with van der Waals surface area (Å²) in [5, 5.41) is 8.66. The smallest absolute Gasteiger partial charge is 0.184 e. The van der Waals surface area contributed by atoms with Crippen LogP contribution in [0.1, 0.15) is 19.3 Å². The normalized spacial score (nSPS) is 32.8.